The average molecular weight is 207 g/mol. The number of carbonyl (C=O) groups is 1. The molecule has 0 aliphatic carbocycles. The van der Waals surface area contributed by atoms with Crippen molar-refractivity contribution in [2.75, 3.05) is 0 Å². The van der Waals surface area contributed by atoms with Crippen molar-refractivity contribution >= 4 is 5.97 Å². The van der Waals surface area contributed by atoms with E-state index in [2.05, 4.69) is 10.2 Å². The van der Waals surface area contributed by atoms with Crippen molar-refractivity contribution in [1.29, 1.82) is 0 Å². The van der Waals surface area contributed by atoms with E-state index >= 15 is 0 Å². The first-order valence-corrected chi connectivity index (χ1v) is 4.26. The summed E-state index contributed by atoms with van der Waals surface area (Å²) in [6.45, 7) is 1.62. The fraction of sp³-hybridized carbons (Fsp3) is 0.111. The molecule has 0 unspecified atom stereocenters. The van der Waals surface area contributed by atoms with E-state index in [4.69, 9.17) is 5.11 Å². The summed E-state index contributed by atoms with van der Waals surface area (Å²) in [5.74, 6) is -1.17. The molecule has 0 aliphatic rings. The molecule has 78 valence electrons. The van der Waals surface area contributed by atoms with E-state index in [1.165, 1.54) is 6.20 Å². The van der Waals surface area contributed by atoms with Gasteiger partial charge in [-0.05, 0) is 24.6 Å². The van der Waals surface area contributed by atoms with Gasteiger partial charge in [-0.3, -0.25) is 5.10 Å². The summed E-state index contributed by atoms with van der Waals surface area (Å²) in [5.41, 5.74) is 1.30. The minimum absolute atomic E-state index is 0.139. The van der Waals surface area contributed by atoms with Crippen LogP contribution in [0.2, 0.25) is 0 Å². The molecule has 0 spiro atoms. The van der Waals surface area contributed by atoms with E-state index in [0.29, 0.717) is 21.7 Å². The molecule has 0 amide bonds. The van der Waals surface area contributed by atoms with Crippen LogP contribution in [0, 0.1) is 6.92 Å². The summed E-state index contributed by atoms with van der Waals surface area (Å²) in [4.78, 5) is 10.8. The van der Waals surface area contributed by atoms with E-state index in [-0.39, 0.29) is 5.69 Å². The molecule has 0 saturated carbocycles. The molecule has 3 N–H and O–H groups in total. The lowest BCUT2D eigenvalue weighted by molar-refractivity contribution is 0.0645. The van der Waals surface area contributed by atoms with Crippen molar-refractivity contribution in [3.63, 3.8) is 0 Å². The molecule has 0 radical (unpaired) electrons. The Bertz CT molecular complexity index is 499. The zero-order valence-electron chi connectivity index (χ0n) is 7.93. The lowest BCUT2D eigenvalue weighted by Crippen LogP contribution is -2.07. The number of hydrogen-bond acceptors (Lipinski definition) is 3. The Hall–Kier alpha value is -2.24. The zero-order valence-corrected chi connectivity index (χ0v) is 7.93. The molecule has 2 heterocycles. The molecule has 2 aromatic heterocycles. The molecule has 0 aliphatic heterocycles. The molecule has 0 aromatic carbocycles. The fourth-order valence-corrected chi connectivity index (χ4v) is 1.47. The Balaban J connectivity index is 2.61. The number of aromatic nitrogens is 3. The van der Waals surface area contributed by atoms with Gasteiger partial charge in [0.1, 0.15) is 5.69 Å². The SMILES string of the molecule is Cc1cc(-c2ccn[nH]2)n(O)c1C(=O)O. The highest BCUT2D eigenvalue weighted by Crippen LogP contribution is 2.22. The van der Waals surface area contributed by atoms with Crippen LogP contribution in [-0.2, 0) is 0 Å². The number of aromatic amines is 1. The number of hydrogen-bond donors (Lipinski definition) is 3. The molecular weight excluding hydrogens is 198 g/mol. The second-order valence-corrected chi connectivity index (χ2v) is 3.15. The number of aryl methyl sites for hydroxylation is 1. The summed E-state index contributed by atoms with van der Waals surface area (Å²) in [6, 6.07) is 3.23. The van der Waals surface area contributed by atoms with Crippen LogP contribution < -0.4 is 0 Å². The molecule has 6 heteroatoms. The van der Waals surface area contributed by atoms with Gasteiger partial charge in [0.05, 0.1) is 5.69 Å². The summed E-state index contributed by atoms with van der Waals surface area (Å²) in [5, 5.41) is 24.9. The third kappa shape index (κ3) is 1.35. The Kier molecular flexibility index (Phi) is 1.96. The van der Waals surface area contributed by atoms with Gasteiger partial charge < -0.3 is 10.3 Å². The zero-order chi connectivity index (χ0) is 11.0. The summed E-state index contributed by atoms with van der Waals surface area (Å²) >= 11 is 0. The van der Waals surface area contributed by atoms with Crippen LogP contribution in [0.15, 0.2) is 18.3 Å². The predicted molar refractivity (Wildman–Crippen MR) is 50.9 cm³/mol. The van der Waals surface area contributed by atoms with Crippen LogP contribution in [0.4, 0.5) is 0 Å². The standard InChI is InChI=1S/C9H9N3O3/c1-5-4-7(6-2-3-10-11-6)12(15)8(5)9(13)14/h2-4,15H,1H3,(H,10,11)(H,13,14). The molecule has 6 nitrogen and oxygen atoms in total. The molecule has 2 aromatic rings. The Morgan fingerprint density at radius 3 is 2.80 bits per heavy atom. The fourth-order valence-electron chi connectivity index (χ4n) is 1.47. The average Bonchev–Trinajstić information content (AvgIpc) is 2.72. The lowest BCUT2D eigenvalue weighted by atomic mass is 10.2. The highest BCUT2D eigenvalue weighted by molar-refractivity contribution is 5.89. The molecular formula is C9H9N3O3. The van der Waals surface area contributed by atoms with Gasteiger partial charge >= 0.3 is 5.97 Å². The molecule has 0 bridgehead atoms. The summed E-state index contributed by atoms with van der Waals surface area (Å²) in [6.07, 6.45) is 1.53. The predicted octanol–water partition coefficient (Wildman–Crippen LogP) is 1.12. The largest absolute Gasteiger partial charge is 0.476 e. The maximum Gasteiger partial charge on any atom is 0.356 e. The van der Waals surface area contributed by atoms with Crippen LogP contribution in [0.1, 0.15) is 16.1 Å². The maximum atomic E-state index is 10.8. The lowest BCUT2D eigenvalue weighted by Gasteiger charge is -2.00. The minimum Gasteiger partial charge on any atom is -0.476 e. The molecule has 15 heavy (non-hydrogen) atoms. The Morgan fingerprint density at radius 1 is 1.60 bits per heavy atom. The van der Waals surface area contributed by atoms with Crippen LogP contribution in [-0.4, -0.2) is 31.2 Å². The summed E-state index contributed by atoms with van der Waals surface area (Å²) in [7, 11) is 0. The minimum atomic E-state index is -1.17. The molecule has 0 atom stereocenters. The van der Waals surface area contributed by atoms with E-state index in [1.54, 1.807) is 19.1 Å². The van der Waals surface area contributed by atoms with Crippen LogP contribution in [0.3, 0.4) is 0 Å². The summed E-state index contributed by atoms with van der Waals surface area (Å²) < 4.78 is 0.644. The van der Waals surface area contributed by atoms with Crippen LogP contribution in [0.25, 0.3) is 11.4 Å². The van der Waals surface area contributed by atoms with Gasteiger partial charge in [-0.1, -0.05) is 0 Å². The number of nitrogens with zero attached hydrogens (tertiary/aromatic N) is 2. The van der Waals surface area contributed by atoms with Crippen molar-refractivity contribution in [3.05, 3.63) is 29.6 Å². The van der Waals surface area contributed by atoms with Gasteiger partial charge in [0, 0.05) is 6.20 Å². The van der Waals surface area contributed by atoms with Crippen LogP contribution in [0.5, 0.6) is 0 Å². The van der Waals surface area contributed by atoms with Gasteiger partial charge in [0.25, 0.3) is 0 Å². The van der Waals surface area contributed by atoms with Gasteiger partial charge in [0.2, 0.25) is 0 Å². The number of nitrogens with one attached hydrogen (secondary N) is 1. The third-order valence-electron chi connectivity index (χ3n) is 2.15. The molecule has 2 rings (SSSR count). The number of carboxylic acid groups (broad SMARTS) is 1. The van der Waals surface area contributed by atoms with Crippen LogP contribution >= 0.6 is 0 Å². The van der Waals surface area contributed by atoms with E-state index in [0.717, 1.165) is 0 Å². The number of rotatable bonds is 2. The number of aromatic carboxylic acids is 1. The van der Waals surface area contributed by atoms with E-state index in [9.17, 15) is 10.0 Å². The van der Waals surface area contributed by atoms with Gasteiger partial charge in [-0.15, -0.1) is 0 Å². The van der Waals surface area contributed by atoms with Gasteiger partial charge in [-0.25, -0.2) is 4.79 Å². The van der Waals surface area contributed by atoms with Crippen molar-refractivity contribution in [2.45, 2.75) is 6.92 Å². The highest BCUT2D eigenvalue weighted by atomic mass is 16.5. The van der Waals surface area contributed by atoms with Crippen molar-refractivity contribution in [1.82, 2.24) is 14.9 Å². The van der Waals surface area contributed by atoms with E-state index < -0.39 is 5.97 Å². The van der Waals surface area contributed by atoms with E-state index in [1.807, 2.05) is 0 Å². The maximum absolute atomic E-state index is 10.8. The third-order valence-corrected chi connectivity index (χ3v) is 2.15. The molecule has 0 saturated heterocycles. The number of carboxylic acids is 1. The molecule has 0 fully saturated rings. The van der Waals surface area contributed by atoms with Gasteiger partial charge in [0.15, 0.2) is 5.69 Å². The normalized spacial score (nSPS) is 10.5. The Labute approximate surface area is 84.7 Å². The monoisotopic (exact) mass is 207 g/mol. The second kappa shape index (κ2) is 3.16. The Morgan fingerprint density at radius 2 is 2.33 bits per heavy atom. The van der Waals surface area contributed by atoms with Gasteiger partial charge in [-0.2, -0.15) is 9.83 Å². The van der Waals surface area contributed by atoms with Crippen molar-refractivity contribution in [2.24, 2.45) is 0 Å². The quantitative estimate of drug-likeness (QED) is 0.643. The topological polar surface area (TPSA) is 91.1 Å². The van der Waals surface area contributed by atoms with Crippen molar-refractivity contribution in [3.8, 4) is 11.4 Å². The second-order valence-electron chi connectivity index (χ2n) is 3.15. The number of H-pyrrole nitrogens is 1. The first-order chi connectivity index (χ1) is 7.11. The first kappa shape index (κ1) is 9.32. The van der Waals surface area contributed by atoms with Crippen molar-refractivity contribution < 1.29 is 15.1 Å². The highest BCUT2D eigenvalue weighted by Gasteiger charge is 2.19. The smallest absolute Gasteiger partial charge is 0.356 e. The first-order valence-electron chi connectivity index (χ1n) is 4.26.